The molecule has 4 heteroatoms. The van der Waals surface area contributed by atoms with Gasteiger partial charge in [-0.2, -0.15) is 0 Å². The molecule has 0 radical (unpaired) electrons. The summed E-state index contributed by atoms with van der Waals surface area (Å²) in [5, 5.41) is 0. The van der Waals surface area contributed by atoms with Crippen molar-refractivity contribution < 1.29 is 9.53 Å². The van der Waals surface area contributed by atoms with E-state index in [0.29, 0.717) is 12.5 Å². The van der Waals surface area contributed by atoms with E-state index in [-0.39, 0.29) is 5.91 Å². The summed E-state index contributed by atoms with van der Waals surface area (Å²) < 4.78 is 5.85. The molecule has 19 heavy (non-hydrogen) atoms. The molecule has 0 heterocycles. The molecule has 0 spiro atoms. The van der Waals surface area contributed by atoms with Crippen LogP contribution in [0.1, 0.15) is 44.7 Å². The minimum Gasteiger partial charge on any atom is -0.492 e. The van der Waals surface area contributed by atoms with Crippen LogP contribution < -0.4 is 16.0 Å². The molecular weight excluding hydrogens is 240 g/mol. The highest BCUT2D eigenvalue weighted by molar-refractivity contribution is 5.81. The highest BCUT2D eigenvalue weighted by Crippen LogP contribution is 2.29. The zero-order chi connectivity index (χ0) is 14.6. The standard InChI is InChI=1S/C15H24N2O2/c1-10(2)12-7-6-11(3)8-13(12)19-9-15(4,5)14(18)17-16/h6-8,10H,9,16H2,1-5H3,(H,17,18). The Morgan fingerprint density at radius 3 is 2.58 bits per heavy atom. The van der Waals surface area contributed by atoms with Gasteiger partial charge in [0, 0.05) is 0 Å². The molecular formula is C15H24N2O2. The van der Waals surface area contributed by atoms with Crippen LogP contribution in [0.4, 0.5) is 0 Å². The second-order valence-corrected chi connectivity index (χ2v) is 5.84. The first kappa shape index (κ1) is 15.5. The number of aryl methyl sites for hydroxylation is 1. The number of amides is 1. The number of hydrazine groups is 1. The van der Waals surface area contributed by atoms with E-state index in [1.165, 1.54) is 0 Å². The first-order valence-corrected chi connectivity index (χ1v) is 6.52. The Kier molecular flexibility index (Phi) is 4.95. The minimum absolute atomic E-state index is 0.230. The third-order valence-electron chi connectivity index (χ3n) is 3.13. The van der Waals surface area contributed by atoms with Gasteiger partial charge in [0.2, 0.25) is 5.91 Å². The number of carbonyl (C=O) groups excluding carboxylic acids is 1. The Morgan fingerprint density at radius 2 is 2.05 bits per heavy atom. The molecule has 0 aromatic heterocycles. The summed E-state index contributed by atoms with van der Waals surface area (Å²) in [6, 6.07) is 6.15. The average Bonchev–Trinajstić information content (AvgIpc) is 2.35. The van der Waals surface area contributed by atoms with Gasteiger partial charge in [0.05, 0.1) is 5.41 Å². The number of carbonyl (C=O) groups is 1. The van der Waals surface area contributed by atoms with Crippen LogP contribution in [0.15, 0.2) is 18.2 Å². The number of ether oxygens (including phenoxy) is 1. The van der Waals surface area contributed by atoms with Crippen molar-refractivity contribution in [3.05, 3.63) is 29.3 Å². The molecule has 0 aliphatic rings. The smallest absolute Gasteiger partial charge is 0.242 e. The lowest BCUT2D eigenvalue weighted by molar-refractivity contribution is -0.130. The zero-order valence-corrected chi connectivity index (χ0v) is 12.4. The van der Waals surface area contributed by atoms with Gasteiger partial charge in [0.15, 0.2) is 0 Å². The van der Waals surface area contributed by atoms with Crippen LogP contribution in [0.25, 0.3) is 0 Å². The van der Waals surface area contributed by atoms with Crippen molar-refractivity contribution in [2.75, 3.05) is 6.61 Å². The van der Waals surface area contributed by atoms with E-state index in [0.717, 1.165) is 16.9 Å². The lowest BCUT2D eigenvalue weighted by atomic mass is 9.93. The van der Waals surface area contributed by atoms with Gasteiger partial charge >= 0.3 is 0 Å². The summed E-state index contributed by atoms with van der Waals surface area (Å²) in [6.45, 7) is 10.2. The molecule has 0 bridgehead atoms. The molecule has 1 aromatic rings. The minimum atomic E-state index is -0.660. The lowest BCUT2D eigenvalue weighted by Crippen LogP contribution is -2.44. The SMILES string of the molecule is Cc1ccc(C(C)C)c(OCC(C)(C)C(=O)NN)c1. The fourth-order valence-electron chi connectivity index (χ4n) is 1.76. The average molecular weight is 264 g/mol. The van der Waals surface area contributed by atoms with E-state index in [1.807, 2.05) is 13.0 Å². The van der Waals surface area contributed by atoms with Gasteiger partial charge in [-0.3, -0.25) is 10.2 Å². The number of nitrogens with one attached hydrogen (secondary N) is 1. The highest BCUT2D eigenvalue weighted by Gasteiger charge is 2.28. The summed E-state index contributed by atoms with van der Waals surface area (Å²) in [6.07, 6.45) is 0. The van der Waals surface area contributed by atoms with Crippen molar-refractivity contribution in [3.63, 3.8) is 0 Å². The largest absolute Gasteiger partial charge is 0.492 e. The van der Waals surface area contributed by atoms with E-state index in [2.05, 4.69) is 31.4 Å². The van der Waals surface area contributed by atoms with Crippen molar-refractivity contribution in [2.24, 2.45) is 11.3 Å². The molecule has 0 atom stereocenters. The van der Waals surface area contributed by atoms with Crippen LogP contribution in [0.2, 0.25) is 0 Å². The first-order valence-electron chi connectivity index (χ1n) is 6.52. The maximum Gasteiger partial charge on any atom is 0.242 e. The fraction of sp³-hybridized carbons (Fsp3) is 0.533. The lowest BCUT2D eigenvalue weighted by Gasteiger charge is -2.24. The molecule has 3 N–H and O–H groups in total. The Hall–Kier alpha value is -1.55. The molecule has 1 aromatic carbocycles. The zero-order valence-electron chi connectivity index (χ0n) is 12.4. The quantitative estimate of drug-likeness (QED) is 0.488. The molecule has 106 valence electrons. The summed E-state index contributed by atoms with van der Waals surface area (Å²) >= 11 is 0. The van der Waals surface area contributed by atoms with Gasteiger partial charge in [-0.05, 0) is 43.9 Å². The molecule has 0 unspecified atom stereocenters. The summed E-state index contributed by atoms with van der Waals surface area (Å²) in [7, 11) is 0. The van der Waals surface area contributed by atoms with Crippen LogP contribution in [-0.2, 0) is 4.79 Å². The number of hydrogen-bond donors (Lipinski definition) is 2. The van der Waals surface area contributed by atoms with E-state index in [4.69, 9.17) is 10.6 Å². The monoisotopic (exact) mass is 264 g/mol. The number of benzene rings is 1. The first-order chi connectivity index (χ1) is 8.77. The van der Waals surface area contributed by atoms with Gasteiger partial charge in [0.25, 0.3) is 0 Å². The van der Waals surface area contributed by atoms with E-state index >= 15 is 0 Å². The van der Waals surface area contributed by atoms with Gasteiger partial charge in [-0.25, -0.2) is 5.84 Å². The van der Waals surface area contributed by atoms with Crippen molar-refractivity contribution >= 4 is 5.91 Å². The number of nitrogens with two attached hydrogens (primary N) is 1. The second-order valence-electron chi connectivity index (χ2n) is 5.84. The van der Waals surface area contributed by atoms with Crippen LogP contribution >= 0.6 is 0 Å². The second kappa shape index (κ2) is 6.06. The van der Waals surface area contributed by atoms with Crippen molar-refractivity contribution in [3.8, 4) is 5.75 Å². The van der Waals surface area contributed by atoms with Crippen LogP contribution in [0.5, 0.6) is 5.75 Å². The van der Waals surface area contributed by atoms with Crippen molar-refractivity contribution in [2.45, 2.75) is 40.5 Å². The van der Waals surface area contributed by atoms with E-state index < -0.39 is 5.41 Å². The fourth-order valence-corrected chi connectivity index (χ4v) is 1.76. The maximum atomic E-state index is 11.6. The third kappa shape index (κ3) is 3.96. The number of hydrogen-bond acceptors (Lipinski definition) is 3. The number of rotatable bonds is 5. The van der Waals surface area contributed by atoms with E-state index in [1.54, 1.807) is 13.8 Å². The highest BCUT2D eigenvalue weighted by atomic mass is 16.5. The predicted molar refractivity (Wildman–Crippen MR) is 76.9 cm³/mol. The topological polar surface area (TPSA) is 64.3 Å². The molecule has 0 fully saturated rings. The maximum absolute atomic E-state index is 11.6. The summed E-state index contributed by atoms with van der Waals surface area (Å²) in [4.78, 5) is 11.6. The molecule has 0 saturated carbocycles. The predicted octanol–water partition coefficient (Wildman–Crippen LogP) is 2.51. The molecule has 4 nitrogen and oxygen atoms in total. The van der Waals surface area contributed by atoms with Gasteiger partial charge in [-0.1, -0.05) is 26.0 Å². The summed E-state index contributed by atoms with van der Waals surface area (Å²) in [5.74, 6) is 6.16. The molecule has 0 saturated heterocycles. The van der Waals surface area contributed by atoms with Crippen LogP contribution in [0.3, 0.4) is 0 Å². The Labute approximate surface area is 115 Å². The summed E-state index contributed by atoms with van der Waals surface area (Å²) in [5.41, 5.74) is 3.80. The van der Waals surface area contributed by atoms with Crippen LogP contribution in [0, 0.1) is 12.3 Å². The van der Waals surface area contributed by atoms with Crippen molar-refractivity contribution in [1.29, 1.82) is 0 Å². The van der Waals surface area contributed by atoms with Crippen molar-refractivity contribution in [1.82, 2.24) is 5.43 Å². The molecule has 0 aliphatic carbocycles. The van der Waals surface area contributed by atoms with Crippen LogP contribution in [-0.4, -0.2) is 12.5 Å². The normalized spacial score (nSPS) is 11.5. The van der Waals surface area contributed by atoms with Gasteiger partial charge in [0.1, 0.15) is 12.4 Å². The Bertz CT molecular complexity index is 453. The van der Waals surface area contributed by atoms with E-state index in [9.17, 15) is 4.79 Å². The van der Waals surface area contributed by atoms with Gasteiger partial charge < -0.3 is 4.74 Å². The Balaban J connectivity index is 2.88. The Morgan fingerprint density at radius 1 is 1.42 bits per heavy atom. The third-order valence-corrected chi connectivity index (χ3v) is 3.13. The molecule has 1 rings (SSSR count). The van der Waals surface area contributed by atoms with Gasteiger partial charge in [-0.15, -0.1) is 0 Å². The molecule has 0 aliphatic heterocycles. The molecule has 1 amide bonds.